The van der Waals surface area contributed by atoms with Crippen LogP contribution in [-0.2, 0) is 9.47 Å². The zero-order valence-electron chi connectivity index (χ0n) is 24.8. The van der Waals surface area contributed by atoms with Crippen molar-refractivity contribution < 1.29 is 27.4 Å². The summed E-state index contributed by atoms with van der Waals surface area (Å²) in [5.41, 5.74) is 2.29. The summed E-state index contributed by atoms with van der Waals surface area (Å²) >= 11 is 0. The smallest absolute Gasteiger partial charge is 0.201 e. The van der Waals surface area contributed by atoms with Gasteiger partial charge in [-0.1, -0.05) is 107 Å². The molecule has 3 nitrogen and oxygen atoms in total. The van der Waals surface area contributed by atoms with Crippen molar-refractivity contribution in [3.05, 3.63) is 89.8 Å². The number of rotatable bonds is 15. The van der Waals surface area contributed by atoms with Gasteiger partial charge >= 0.3 is 0 Å². The third-order valence-corrected chi connectivity index (χ3v) is 7.74. The number of hydrogen-bond donors (Lipinski definition) is 0. The fourth-order valence-electron chi connectivity index (χ4n) is 5.27. The lowest BCUT2D eigenvalue weighted by Crippen LogP contribution is -2.27. The summed E-state index contributed by atoms with van der Waals surface area (Å²) in [6.07, 6.45) is 14.0. The van der Waals surface area contributed by atoms with Crippen LogP contribution in [0.4, 0.5) is 13.2 Å². The summed E-state index contributed by atoms with van der Waals surface area (Å²) in [5, 5.41) is 0. The molecule has 0 N–H and O–H groups in total. The van der Waals surface area contributed by atoms with Gasteiger partial charge in [-0.05, 0) is 42.2 Å². The van der Waals surface area contributed by atoms with Gasteiger partial charge in [0.1, 0.15) is 12.4 Å². The van der Waals surface area contributed by atoms with Gasteiger partial charge in [-0.25, -0.2) is 8.78 Å². The Morgan fingerprint density at radius 1 is 0.738 bits per heavy atom. The monoisotopic (exact) mass is 580 g/mol. The van der Waals surface area contributed by atoms with E-state index >= 15 is 4.39 Å². The van der Waals surface area contributed by atoms with E-state index in [-0.39, 0.29) is 17.9 Å². The average Bonchev–Trinajstić information content (AvgIpc) is 3.01. The molecule has 1 fully saturated rings. The van der Waals surface area contributed by atoms with Crippen molar-refractivity contribution in [3.63, 3.8) is 0 Å². The van der Waals surface area contributed by atoms with E-state index in [0.29, 0.717) is 41.4 Å². The van der Waals surface area contributed by atoms with Crippen LogP contribution >= 0.6 is 0 Å². The predicted octanol–water partition coefficient (Wildman–Crippen LogP) is 10.6. The van der Waals surface area contributed by atoms with Crippen molar-refractivity contribution in [2.24, 2.45) is 5.92 Å². The molecule has 0 aliphatic carbocycles. The van der Waals surface area contributed by atoms with Crippen LogP contribution in [0.25, 0.3) is 22.3 Å². The molecule has 0 atom stereocenters. The van der Waals surface area contributed by atoms with E-state index < -0.39 is 23.7 Å². The Morgan fingerprint density at radius 3 is 2.05 bits per heavy atom. The highest BCUT2D eigenvalue weighted by Gasteiger charge is 2.24. The summed E-state index contributed by atoms with van der Waals surface area (Å²) in [6, 6.07) is 14.6. The molecule has 0 amide bonds. The number of allylic oxidation sites excluding steroid dienone is 1. The van der Waals surface area contributed by atoms with Crippen LogP contribution < -0.4 is 4.74 Å². The SMILES string of the molecule is CC/C=C/COc1ccc(-c2ccc(-c3ccc(C4OCC(CCCCCCCCC)CO4)cc3F)cc2)c(F)c1F. The second-order valence-electron chi connectivity index (χ2n) is 11.0. The van der Waals surface area contributed by atoms with Gasteiger partial charge in [-0.3, -0.25) is 0 Å². The minimum Gasteiger partial charge on any atom is -0.486 e. The Balaban J connectivity index is 1.31. The molecule has 1 aliphatic rings. The Morgan fingerprint density at radius 2 is 1.38 bits per heavy atom. The molecule has 0 spiro atoms. The van der Waals surface area contributed by atoms with E-state index in [9.17, 15) is 8.78 Å². The normalized spacial score (nSPS) is 17.2. The molecule has 0 saturated carbocycles. The van der Waals surface area contributed by atoms with Gasteiger partial charge in [-0.2, -0.15) is 4.39 Å². The Kier molecular flexibility index (Phi) is 12.5. The van der Waals surface area contributed by atoms with E-state index in [1.165, 1.54) is 63.1 Å². The fraction of sp³-hybridized carbons (Fsp3) is 0.444. The molecular weight excluding hydrogens is 537 g/mol. The van der Waals surface area contributed by atoms with E-state index in [1.54, 1.807) is 36.4 Å². The molecule has 226 valence electrons. The van der Waals surface area contributed by atoms with Gasteiger partial charge in [0.25, 0.3) is 0 Å². The Labute approximate surface area is 248 Å². The molecule has 0 radical (unpaired) electrons. The lowest BCUT2D eigenvalue weighted by molar-refractivity contribution is -0.206. The summed E-state index contributed by atoms with van der Waals surface area (Å²) in [7, 11) is 0. The van der Waals surface area contributed by atoms with Crippen LogP contribution in [0.3, 0.4) is 0 Å². The standard InChI is InChI=1S/C36H43F3O3/c1-3-5-7-8-9-10-11-13-26-24-41-36(42-25-26)29-18-19-30(32(37)23-29)27-14-16-28(17-15-27)31-20-21-33(35(39)34(31)38)40-22-12-6-4-2/h6,12,14-21,23,26,36H,3-5,7-11,13,22,24-25H2,1-2H3/b12-6+. The van der Waals surface area contributed by atoms with Crippen LogP contribution in [0.5, 0.6) is 5.75 Å². The van der Waals surface area contributed by atoms with E-state index in [0.717, 1.165) is 12.8 Å². The molecule has 42 heavy (non-hydrogen) atoms. The molecular formula is C36H43F3O3. The topological polar surface area (TPSA) is 27.7 Å². The van der Waals surface area contributed by atoms with Gasteiger partial charge in [0, 0.05) is 22.6 Å². The lowest BCUT2D eigenvalue weighted by Gasteiger charge is -2.29. The van der Waals surface area contributed by atoms with Crippen LogP contribution in [0.2, 0.25) is 0 Å². The minimum atomic E-state index is -1.03. The maximum atomic E-state index is 15.2. The third kappa shape index (κ3) is 8.71. The average molecular weight is 581 g/mol. The summed E-state index contributed by atoms with van der Waals surface area (Å²) < 4.78 is 61.8. The second-order valence-corrected chi connectivity index (χ2v) is 11.0. The zero-order chi connectivity index (χ0) is 29.7. The zero-order valence-corrected chi connectivity index (χ0v) is 24.8. The van der Waals surface area contributed by atoms with Crippen LogP contribution in [0, 0.1) is 23.4 Å². The number of halogens is 3. The van der Waals surface area contributed by atoms with Gasteiger partial charge in [0.05, 0.1) is 13.2 Å². The highest BCUT2D eigenvalue weighted by molar-refractivity contribution is 5.71. The van der Waals surface area contributed by atoms with E-state index in [1.807, 2.05) is 19.1 Å². The molecule has 6 heteroatoms. The number of unbranched alkanes of at least 4 members (excludes halogenated alkanes) is 6. The van der Waals surface area contributed by atoms with Crippen molar-refractivity contribution >= 4 is 0 Å². The molecule has 1 saturated heterocycles. The van der Waals surface area contributed by atoms with Gasteiger partial charge < -0.3 is 14.2 Å². The molecule has 0 unspecified atom stereocenters. The van der Waals surface area contributed by atoms with Gasteiger partial charge in [-0.15, -0.1) is 0 Å². The molecule has 0 bridgehead atoms. The largest absolute Gasteiger partial charge is 0.486 e. The molecule has 0 aromatic heterocycles. The van der Waals surface area contributed by atoms with Crippen LogP contribution in [-0.4, -0.2) is 19.8 Å². The Hall–Kier alpha value is -3.09. The maximum Gasteiger partial charge on any atom is 0.201 e. The molecule has 1 aliphatic heterocycles. The molecule has 3 aromatic carbocycles. The first kappa shape index (κ1) is 31.8. The van der Waals surface area contributed by atoms with Crippen molar-refractivity contribution in [1.29, 1.82) is 0 Å². The van der Waals surface area contributed by atoms with Gasteiger partial charge in [0.15, 0.2) is 17.9 Å². The van der Waals surface area contributed by atoms with Crippen molar-refractivity contribution in [2.75, 3.05) is 19.8 Å². The maximum absolute atomic E-state index is 15.2. The predicted molar refractivity (Wildman–Crippen MR) is 163 cm³/mol. The van der Waals surface area contributed by atoms with Crippen molar-refractivity contribution in [3.8, 4) is 28.0 Å². The number of ether oxygens (including phenoxy) is 3. The first-order valence-electron chi connectivity index (χ1n) is 15.4. The number of hydrogen-bond acceptors (Lipinski definition) is 3. The molecule has 3 aromatic rings. The molecule has 1 heterocycles. The van der Waals surface area contributed by atoms with Crippen LogP contribution in [0.15, 0.2) is 66.7 Å². The van der Waals surface area contributed by atoms with Crippen molar-refractivity contribution in [2.45, 2.75) is 77.9 Å². The quantitative estimate of drug-likeness (QED) is 0.132. The summed E-state index contributed by atoms with van der Waals surface area (Å²) in [4.78, 5) is 0. The first-order chi connectivity index (χ1) is 20.5. The van der Waals surface area contributed by atoms with Gasteiger partial charge in [0.2, 0.25) is 5.82 Å². The van der Waals surface area contributed by atoms with Crippen LogP contribution in [0.1, 0.15) is 83.5 Å². The lowest BCUT2D eigenvalue weighted by atomic mass is 9.98. The highest BCUT2D eigenvalue weighted by atomic mass is 19.2. The summed E-state index contributed by atoms with van der Waals surface area (Å²) in [6.45, 7) is 5.62. The minimum absolute atomic E-state index is 0.114. The first-order valence-corrected chi connectivity index (χ1v) is 15.4. The molecule has 4 rings (SSSR count). The number of benzene rings is 3. The third-order valence-electron chi connectivity index (χ3n) is 7.74. The van der Waals surface area contributed by atoms with E-state index in [4.69, 9.17) is 14.2 Å². The summed E-state index contributed by atoms with van der Waals surface area (Å²) in [5.74, 6) is -2.16. The fourth-order valence-corrected chi connectivity index (χ4v) is 5.27. The van der Waals surface area contributed by atoms with Crippen molar-refractivity contribution in [1.82, 2.24) is 0 Å². The second kappa shape index (κ2) is 16.5. The Bertz CT molecular complexity index is 1280. The van der Waals surface area contributed by atoms with E-state index in [2.05, 4.69) is 6.92 Å². The highest BCUT2D eigenvalue weighted by Crippen LogP contribution is 2.34.